The summed E-state index contributed by atoms with van der Waals surface area (Å²) in [6.45, 7) is 0.499. The predicted octanol–water partition coefficient (Wildman–Crippen LogP) is 5.70. The van der Waals surface area contributed by atoms with E-state index in [1.807, 2.05) is 12.1 Å². The molecule has 2 heterocycles. The van der Waals surface area contributed by atoms with Crippen LogP contribution in [0, 0.1) is 15.9 Å². The maximum atomic E-state index is 13.9. The third-order valence-electron chi connectivity index (χ3n) is 6.68. The molecule has 0 N–H and O–H groups in total. The number of benzene rings is 3. The van der Waals surface area contributed by atoms with Crippen molar-refractivity contribution in [2.24, 2.45) is 0 Å². The van der Waals surface area contributed by atoms with Crippen LogP contribution in [0.2, 0.25) is 0 Å². The number of non-ortho nitro benzene ring substituents is 1. The summed E-state index contributed by atoms with van der Waals surface area (Å²) in [6, 6.07) is 17.2. The van der Waals surface area contributed by atoms with Crippen LogP contribution in [-0.4, -0.2) is 45.6 Å². The summed E-state index contributed by atoms with van der Waals surface area (Å²) in [7, 11) is 1.57. The van der Waals surface area contributed by atoms with Crippen molar-refractivity contribution in [2.45, 2.75) is 31.7 Å². The third kappa shape index (κ3) is 5.24. The molecule has 0 spiro atoms. The fourth-order valence-corrected chi connectivity index (χ4v) is 4.76. The molecular weight excluding hydrogens is 491 g/mol. The lowest BCUT2D eigenvalue weighted by Crippen LogP contribution is -2.45. The van der Waals surface area contributed by atoms with E-state index in [1.54, 1.807) is 42.3 Å². The number of halogens is 1. The molecule has 0 saturated carbocycles. The zero-order valence-corrected chi connectivity index (χ0v) is 20.7. The van der Waals surface area contributed by atoms with Gasteiger partial charge in [-0.1, -0.05) is 18.2 Å². The van der Waals surface area contributed by atoms with Gasteiger partial charge in [-0.15, -0.1) is 10.2 Å². The molecule has 1 aromatic heterocycles. The quantitative estimate of drug-likeness (QED) is 0.229. The Labute approximate surface area is 218 Å². The number of hydrogen-bond donors (Lipinski definition) is 0. The molecule has 38 heavy (non-hydrogen) atoms. The van der Waals surface area contributed by atoms with E-state index in [0.717, 1.165) is 24.8 Å². The molecule has 0 aliphatic carbocycles. The molecule has 5 rings (SSSR count). The second-order valence-corrected chi connectivity index (χ2v) is 9.08. The van der Waals surface area contributed by atoms with Crippen molar-refractivity contribution in [2.75, 3.05) is 13.7 Å². The first kappa shape index (κ1) is 25.1. The summed E-state index contributed by atoms with van der Waals surface area (Å²) in [4.78, 5) is 26.7. The molecule has 0 bridgehead atoms. The fraction of sp³-hybridized carbons (Fsp3) is 0.250. The SMILES string of the molecule is COc1ccc(-c2ccc([N+](=O)[O-])cc2C(=O)N2CCCCC2Cc2nnc(-c3cccc(F)c3)o2)cc1. The topological polar surface area (TPSA) is 112 Å². The Balaban J connectivity index is 1.44. The van der Waals surface area contributed by atoms with E-state index in [4.69, 9.17) is 9.15 Å². The number of methoxy groups -OCH3 is 1. The van der Waals surface area contributed by atoms with Crippen LogP contribution in [0.1, 0.15) is 35.5 Å². The molecule has 1 aliphatic rings. The van der Waals surface area contributed by atoms with Crippen molar-refractivity contribution in [3.05, 3.63) is 94.1 Å². The van der Waals surface area contributed by atoms with E-state index >= 15 is 0 Å². The van der Waals surface area contributed by atoms with Crippen LogP contribution in [0.25, 0.3) is 22.6 Å². The summed E-state index contributed by atoms with van der Waals surface area (Å²) in [5, 5.41) is 19.7. The minimum absolute atomic E-state index is 0.157. The van der Waals surface area contributed by atoms with Crippen molar-refractivity contribution in [3.8, 4) is 28.3 Å². The van der Waals surface area contributed by atoms with E-state index in [1.165, 1.54) is 24.3 Å². The van der Waals surface area contributed by atoms with Crippen LogP contribution in [0.4, 0.5) is 10.1 Å². The smallest absolute Gasteiger partial charge is 0.270 e. The predicted molar refractivity (Wildman–Crippen MR) is 137 cm³/mol. The molecule has 3 aromatic carbocycles. The molecular formula is C28H25FN4O5. The second kappa shape index (κ2) is 10.8. The Bertz CT molecular complexity index is 1470. The van der Waals surface area contributed by atoms with Gasteiger partial charge in [-0.05, 0) is 66.8 Å². The maximum absolute atomic E-state index is 13.9. The molecule has 4 aromatic rings. The fourth-order valence-electron chi connectivity index (χ4n) is 4.76. The number of ether oxygens (including phenoxy) is 1. The standard InChI is InChI=1S/C28H25FN4O5/c1-37-23-11-8-18(9-12-23)24-13-10-22(33(35)36)16-25(24)28(34)32-14-3-2-7-21(32)17-26-30-31-27(38-26)19-5-4-6-20(29)15-19/h4-6,8-13,15-16,21H,2-3,7,14,17H2,1H3. The number of piperidine rings is 1. The van der Waals surface area contributed by atoms with Gasteiger partial charge in [0.05, 0.1) is 17.6 Å². The Morgan fingerprint density at radius 2 is 1.92 bits per heavy atom. The van der Waals surface area contributed by atoms with Crippen LogP contribution >= 0.6 is 0 Å². The molecule has 1 fully saturated rings. The molecule has 1 aliphatic heterocycles. The highest BCUT2D eigenvalue weighted by Gasteiger charge is 2.31. The van der Waals surface area contributed by atoms with Gasteiger partial charge in [0.15, 0.2) is 0 Å². The molecule has 1 saturated heterocycles. The Morgan fingerprint density at radius 1 is 1.11 bits per heavy atom. The van der Waals surface area contributed by atoms with E-state index in [9.17, 15) is 19.3 Å². The van der Waals surface area contributed by atoms with Crippen molar-refractivity contribution in [1.29, 1.82) is 0 Å². The van der Waals surface area contributed by atoms with Gasteiger partial charge in [-0.2, -0.15) is 0 Å². The summed E-state index contributed by atoms with van der Waals surface area (Å²) in [5.41, 5.74) is 1.91. The lowest BCUT2D eigenvalue weighted by Gasteiger charge is -2.35. The number of carbonyl (C=O) groups excluding carboxylic acids is 1. The van der Waals surface area contributed by atoms with Crippen LogP contribution in [-0.2, 0) is 6.42 Å². The van der Waals surface area contributed by atoms with Crippen molar-refractivity contribution in [3.63, 3.8) is 0 Å². The first-order valence-corrected chi connectivity index (χ1v) is 12.2. The lowest BCUT2D eigenvalue weighted by atomic mass is 9.94. The van der Waals surface area contributed by atoms with Crippen molar-refractivity contribution < 1.29 is 23.3 Å². The van der Waals surface area contributed by atoms with Crippen molar-refractivity contribution >= 4 is 11.6 Å². The third-order valence-corrected chi connectivity index (χ3v) is 6.68. The minimum atomic E-state index is -0.505. The summed E-state index contributed by atoms with van der Waals surface area (Å²) < 4.78 is 24.7. The van der Waals surface area contributed by atoms with Crippen molar-refractivity contribution in [1.82, 2.24) is 15.1 Å². The molecule has 1 atom stereocenters. The summed E-state index contributed by atoms with van der Waals surface area (Å²) >= 11 is 0. The van der Waals surface area contributed by atoms with E-state index in [-0.39, 0.29) is 29.1 Å². The largest absolute Gasteiger partial charge is 0.497 e. The van der Waals surface area contributed by atoms with Gasteiger partial charge in [0.25, 0.3) is 11.6 Å². The first-order valence-electron chi connectivity index (χ1n) is 12.2. The first-order chi connectivity index (χ1) is 18.4. The van der Waals surface area contributed by atoms with Gasteiger partial charge in [0.1, 0.15) is 11.6 Å². The molecule has 10 heteroatoms. The van der Waals surface area contributed by atoms with Crippen LogP contribution in [0.3, 0.4) is 0 Å². The molecule has 9 nitrogen and oxygen atoms in total. The molecule has 0 radical (unpaired) electrons. The van der Waals surface area contributed by atoms with Crippen LogP contribution in [0.5, 0.6) is 5.75 Å². The van der Waals surface area contributed by atoms with Gasteiger partial charge < -0.3 is 14.1 Å². The highest BCUT2D eigenvalue weighted by molar-refractivity contribution is 6.01. The van der Waals surface area contributed by atoms with Crippen LogP contribution < -0.4 is 4.74 Å². The van der Waals surface area contributed by atoms with Gasteiger partial charge >= 0.3 is 0 Å². The number of rotatable bonds is 7. The minimum Gasteiger partial charge on any atom is -0.497 e. The monoisotopic (exact) mass is 516 g/mol. The van der Waals surface area contributed by atoms with Gasteiger partial charge in [0.2, 0.25) is 11.8 Å². The lowest BCUT2D eigenvalue weighted by molar-refractivity contribution is -0.384. The zero-order chi connectivity index (χ0) is 26.6. The molecule has 1 amide bonds. The van der Waals surface area contributed by atoms with E-state index in [2.05, 4.69) is 10.2 Å². The Kier molecular flexibility index (Phi) is 7.12. The Morgan fingerprint density at radius 3 is 2.66 bits per heavy atom. The summed E-state index contributed by atoms with van der Waals surface area (Å²) in [5.74, 6) is 0.499. The number of amides is 1. The normalized spacial score (nSPS) is 15.3. The molecule has 194 valence electrons. The number of nitro groups is 1. The maximum Gasteiger partial charge on any atom is 0.270 e. The highest BCUT2D eigenvalue weighted by Crippen LogP contribution is 2.32. The number of likely N-dealkylation sites (tertiary alicyclic amines) is 1. The number of nitrogens with zero attached hydrogens (tertiary/aromatic N) is 4. The van der Waals surface area contributed by atoms with E-state index < -0.39 is 10.7 Å². The average molecular weight is 517 g/mol. The molecule has 1 unspecified atom stereocenters. The summed E-state index contributed by atoms with van der Waals surface area (Å²) in [6.07, 6.45) is 2.77. The Hall–Kier alpha value is -4.60. The number of aromatic nitrogens is 2. The number of carbonyl (C=O) groups is 1. The second-order valence-electron chi connectivity index (χ2n) is 9.08. The van der Waals surface area contributed by atoms with Gasteiger partial charge in [-0.25, -0.2) is 4.39 Å². The van der Waals surface area contributed by atoms with E-state index in [0.29, 0.717) is 35.7 Å². The van der Waals surface area contributed by atoms with Gasteiger partial charge in [0, 0.05) is 36.7 Å². The number of hydrogen-bond acceptors (Lipinski definition) is 7. The van der Waals surface area contributed by atoms with Crippen LogP contribution in [0.15, 0.2) is 71.1 Å². The highest BCUT2D eigenvalue weighted by atomic mass is 19.1. The number of nitro benzene ring substituents is 1. The van der Waals surface area contributed by atoms with Gasteiger partial charge in [-0.3, -0.25) is 14.9 Å². The average Bonchev–Trinajstić information content (AvgIpc) is 3.41. The zero-order valence-electron chi connectivity index (χ0n) is 20.7.